The van der Waals surface area contributed by atoms with Gasteiger partial charge in [-0.25, -0.2) is 0 Å². The first-order valence-electron chi connectivity index (χ1n) is 12.6. The Bertz CT molecular complexity index is 1060. The molecule has 4 N–H and O–H groups in total. The first-order chi connectivity index (χ1) is 16.8. The second-order valence-electron chi connectivity index (χ2n) is 10.0. The molecule has 1 unspecified atom stereocenters. The molecule has 0 amide bonds. The first-order valence-corrected chi connectivity index (χ1v) is 13.4. The molecule has 0 radical (unpaired) electrons. The zero-order chi connectivity index (χ0) is 24.6. The maximum Gasteiger partial charge on any atom is 0.416 e. The second-order valence-corrected chi connectivity index (χ2v) is 11.1. The lowest BCUT2D eigenvalue weighted by molar-refractivity contribution is -0.137. The van der Waals surface area contributed by atoms with E-state index in [1.165, 1.54) is 36.7 Å². The topological polar surface area (TPSA) is 56.6 Å². The number of nitrogens with two attached hydrogens (primary N) is 1. The van der Waals surface area contributed by atoms with Crippen molar-refractivity contribution in [3.8, 4) is 0 Å². The molecular weight excluding hydrogens is 507 g/mol. The predicted molar refractivity (Wildman–Crippen MR) is 145 cm³/mol. The molecule has 2 aromatic rings. The van der Waals surface area contributed by atoms with Crippen molar-refractivity contribution in [1.82, 2.24) is 4.90 Å². The van der Waals surface area contributed by atoms with E-state index in [9.17, 15) is 13.2 Å². The van der Waals surface area contributed by atoms with Crippen LogP contribution in [0.2, 0.25) is 0 Å². The summed E-state index contributed by atoms with van der Waals surface area (Å²) in [6.07, 6.45) is -0.226. The Balaban J connectivity index is 0.00000304. The third-order valence-corrected chi connectivity index (χ3v) is 8.39. The molecule has 36 heavy (non-hydrogen) atoms. The summed E-state index contributed by atoms with van der Waals surface area (Å²) in [4.78, 5) is 6.28. The highest BCUT2D eigenvalue weighted by Gasteiger charge is 2.34. The number of likely N-dealkylation sites (tertiary alicyclic amines) is 1. The highest BCUT2D eigenvalue weighted by atomic mass is 35.5. The number of benzene rings is 2. The van der Waals surface area contributed by atoms with Gasteiger partial charge in [-0.2, -0.15) is 13.2 Å². The van der Waals surface area contributed by atoms with Gasteiger partial charge in [0.25, 0.3) is 0 Å². The van der Waals surface area contributed by atoms with Crippen LogP contribution in [0.15, 0.2) is 40.1 Å². The number of rotatable bonds is 5. The lowest BCUT2D eigenvalue weighted by Crippen LogP contribution is -2.41. The maximum atomic E-state index is 13.8. The van der Waals surface area contributed by atoms with E-state index < -0.39 is 11.7 Å². The van der Waals surface area contributed by atoms with Crippen molar-refractivity contribution in [3.05, 3.63) is 35.9 Å². The van der Waals surface area contributed by atoms with Crippen LogP contribution in [0.25, 0.3) is 0 Å². The normalized spacial score (nSPS) is 20.7. The van der Waals surface area contributed by atoms with Crippen molar-refractivity contribution < 1.29 is 13.2 Å². The van der Waals surface area contributed by atoms with Crippen molar-refractivity contribution in [2.24, 2.45) is 11.7 Å². The Kier molecular flexibility index (Phi) is 8.54. The molecule has 5 nitrogen and oxygen atoms in total. The number of hydrogen-bond acceptors (Lipinski definition) is 6. The molecule has 3 aliphatic heterocycles. The van der Waals surface area contributed by atoms with E-state index in [1.54, 1.807) is 0 Å². The minimum absolute atomic E-state index is 0. The molecule has 1 atom stereocenters. The predicted octanol–water partition coefficient (Wildman–Crippen LogP) is 6.41. The van der Waals surface area contributed by atoms with E-state index in [0.717, 1.165) is 67.5 Å². The average molecular weight is 542 g/mol. The molecule has 2 fully saturated rings. The van der Waals surface area contributed by atoms with Gasteiger partial charge in [0.15, 0.2) is 0 Å². The van der Waals surface area contributed by atoms with Gasteiger partial charge >= 0.3 is 6.18 Å². The number of nitrogens with one attached hydrogen (secondary N) is 2. The number of halogens is 4. The number of hydrogen-bond donors (Lipinski definition) is 3. The molecule has 2 saturated heterocycles. The van der Waals surface area contributed by atoms with Gasteiger partial charge in [0.05, 0.1) is 22.6 Å². The summed E-state index contributed by atoms with van der Waals surface area (Å²) >= 11 is 1.42. The minimum Gasteiger partial charge on any atom is -0.380 e. The van der Waals surface area contributed by atoms with E-state index in [2.05, 4.69) is 45.6 Å². The van der Waals surface area contributed by atoms with Crippen LogP contribution in [0.4, 0.5) is 35.9 Å². The van der Waals surface area contributed by atoms with Gasteiger partial charge in [0.2, 0.25) is 0 Å². The van der Waals surface area contributed by atoms with Crippen molar-refractivity contribution >= 4 is 46.9 Å². The largest absolute Gasteiger partial charge is 0.416 e. The molecule has 0 saturated carbocycles. The quantitative estimate of drug-likeness (QED) is 0.347. The third-order valence-electron chi connectivity index (χ3n) is 7.29. The zero-order valence-electron chi connectivity index (χ0n) is 20.5. The fraction of sp³-hybridized carbons (Fsp3) is 0.538. The summed E-state index contributed by atoms with van der Waals surface area (Å²) in [5, 5.41) is 6.89. The molecule has 0 aromatic heterocycles. The van der Waals surface area contributed by atoms with E-state index in [4.69, 9.17) is 5.73 Å². The summed E-state index contributed by atoms with van der Waals surface area (Å²) in [7, 11) is 0. The molecule has 5 rings (SSSR count). The highest BCUT2D eigenvalue weighted by molar-refractivity contribution is 7.99. The maximum absolute atomic E-state index is 13.8. The van der Waals surface area contributed by atoms with Crippen LogP contribution in [0.3, 0.4) is 0 Å². The van der Waals surface area contributed by atoms with Gasteiger partial charge in [0.1, 0.15) is 0 Å². The number of anilines is 4. The van der Waals surface area contributed by atoms with Gasteiger partial charge in [-0.3, -0.25) is 0 Å². The van der Waals surface area contributed by atoms with Gasteiger partial charge in [-0.15, -0.1) is 12.4 Å². The first kappa shape index (κ1) is 27.2. The van der Waals surface area contributed by atoms with E-state index in [0.29, 0.717) is 23.0 Å². The Morgan fingerprint density at radius 2 is 1.86 bits per heavy atom. The fourth-order valence-corrected chi connectivity index (χ4v) is 6.47. The molecule has 0 bridgehead atoms. The molecule has 198 valence electrons. The van der Waals surface area contributed by atoms with Crippen molar-refractivity contribution in [3.63, 3.8) is 0 Å². The summed E-state index contributed by atoms with van der Waals surface area (Å²) in [6.45, 7) is 7.60. The monoisotopic (exact) mass is 541 g/mol. The lowest BCUT2D eigenvalue weighted by atomic mass is 10.00. The van der Waals surface area contributed by atoms with Gasteiger partial charge < -0.3 is 26.2 Å². The van der Waals surface area contributed by atoms with Crippen LogP contribution in [0.1, 0.15) is 38.2 Å². The van der Waals surface area contributed by atoms with Crippen molar-refractivity contribution in [1.29, 1.82) is 0 Å². The van der Waals surface area contributed by atoms with Crippen LogP contribution >= 0.6 is 24.2 Å². The molecule has 0 spiro atoms. The SMILES string of the molecule is CC1CCCN(c2ccc3c(c2)Sc2cc(C(F)(F)F)cc(NC4CCN(CCN)CC4)c2N3)C1.Cl. The molecule has 0 aliphatic carbocycles. The van der Waals surface area contributed by atoms with E-state index in [1.807, 2.05) is 0 Å². The summed E-state index contributed by atoms with van der Waals surface area (Å²) in [6, 6.07) is 8.97. The zero-order valence-corrected chi connectivity index (χ0v) is 22.2. The fourth-order valence-electron chi connectivity index (χ4n) is 5.38. The van der Waals surface area contributed by atoms with Crippen LogP contribution < -0.4 is 21.3 Å². The molecular formula is C26H35ClF3N5S. The number of fused-ring (bicyclic) bond motifs is 2. The number of alkyl halides is 3. The smallest absolute Gasteiger partial charge is 0.380 e. The Hall–Kier alpha value is -1.81. The van der Waals surface area contributed by atoms with E-state index >= 15 is 0 Å². The standard InChI is InChI=1S/C26H34F3N5S.ClH/c1-17-3-2-9-34(16-17)20-4-5-21-23(15-20)35-24-14-18(26(27,28)29)13-22(25(24)32-21)31-19-6-10-33(11-7-19)12-8-30;/h4-5,13-15,17,19,31-32H,2-3,6-12,16,30H2,1H3;1H. The van der Waals surface area contributed by atoms with Crippen LogP contribution in [0, 0.1) is 5.92 Å². The summed E-state index contributed by atoms with van der Waals surface area (Å²) in [5.41, 5.74) is 8.40. The Labute approximate surface area is 221 Å². The average Bonchev–Trinajstić information content (AvgIpc) is 2.83. The summed E-state index contributed by atoms with van der Waals surface area (Å²) in [5.74, 6) is 0.649. The summed E-state index contributed by atoms with van der Waals surface area (Å²) < 4.78 is 41.4. The highest BCUT2D eigenvalue weighted by Crippen LogP contribution is 2.50. The Morgan fingerprint density at radius 1 is 1.08 bits per heavy atom. The van der Waals surface area contributed by atoms with Crippen LogP contribution in [-0.2, 0) is 6.18 Å². The third kappa shape index (κ3) is 6.01. The van der Waals surface area contributed by atoms with Crippen LogP contribution in [-0.4, -0.2) is 50.2 Å². The van der Waals surface area contributed by atoms with Gasteiger partial charge in [-0.1, -0.05) is 18.7 Å². The van der Waals surface area contributed by atoms with Gasteiger partial charge in [-0.05, 0) is 61.9 Å². The lowest BCUT2D eigenvalue weighted by Gasteiger charge is -2.35. The van der Waals surface area contributed by atoms with Gasteiger partial charge in [0, 0.05) is 60.8 Å². The van der Waals surface area contributed by atoms with E-state index in [-0.39, 0.29) is 18.4 Å². The van der Waals surface area contributed by atoms with Crippen molar-refractivity contribution in [2.75, 3.05) is 54.8 Å². The molecule has 2 aromatic carbocycles. The minimum atomic E-state index is -4.40. The van der Waals surface area contributed by atoms with Crippen molar-refractivity contribution in [2.45, 2.75) is 54.6 Å². The molecule has 10 heteroatoms. The Morgan fingerprint density at radius 3 is 2.56 bits per heavy atom. The number of nitrogens with zero attached hydrogens (tertiary/aromatic N) is 2. The second kappa shape index (κ2) is 11.3. The molecule has 3 heterocycles. The van der Waals surface area contributed by atoms with Crippen LogP contribution in [0.5, 0.6) is 0 Å². The molecule has 3 aliphatic rings. The number of piperidine rings is 2.